The van der Waals surface area contributed by atoms with Crippen LogP contribution < -0.4 is 9.62 Å². The Morgan fingerprint density at radius 1 is 0.949 bits per heavy atom. The van der Waals surface area contributed by atoms with E-state index in [9.17, 15) is 22.4 Å². The minimum absolute atomic E-state index is 0.0171. The van der Waals surface area contributed by atoms with E-state index in [-0.39, 0.29) is 17.3 Å². The number of nitrogens with one attached hydrogen (secondary N) is 1. The topological polar surface area (TPSA) is 86.8 Å². The molecule has 0 aliphatic rings. The zero-order chi connectivity index (χ0) is 28.6. The molecule has 208 valence electrons. The highest BCUT2D eigenvalue weighted by Gasteiger charge is 2.34. The zero-order valence-electron chi connectivity index (χ0n) is 22.9. The van der Waals surface area contributed by atoms with Gasteiger partial charge < -0.3 is 10.2 Å². The van der Waals surface area contributed by atoms with Crippen LogP contribution in [-0.4, -0.2) is 44.3 Å². The Labute approximate surface area is 230 Å². The van der Waals surface area contributed by atoms with Crippen LogP contribution in [-0.2, 0) is 26.2 Å². The Balaban J connectivity index is 2.07. The second kappa shape index (κ2) is 13.4. The monoisotopic (exact) mass is 553 g/mol. The zero-order valence-corrected chi connectivity index (χ0v) is 23.7. The predicted molar refractivity (Wildman–Crippen MR) is 151 cm³/mol. The summed E-state index contributed by atoms with van der Waals surface area (Å²) in [4.78, 5) is 28.5. The molecule has 0 spiro atoms. The normalized spacial score (nSPS) is 12.0. The van der Waals surface area contributed by atoms with Gasteiger partial charge >= 0.3 is 0 Å². The van der Waals surface area contributed by atoms with E-state index >= 15 is 0 Å². The number of nitrogens with zero attached hydrogens (tertiary/aromatic N) is 2. The van der Waals surface area contributed by atoms with Crippen LogP contribution in [0.15, 0.2) is 77.7 Å². The maximum Gasteiger partial charge on any atom is 0.264 e. The Bertz CT molecular complexity index is 1380. The second-order valence-electron chi connectivity index (χ2n) is 9.48. The van der Waals surface area contributed by atoms with Crippen LogP contribution >= 0.6 is 0 Å². The van der Waals surface area contributed by atoms with Crippen molar-refractivity contribution in [2.75, 3.05) is 17.4 Å². The van der Waals surface area contributed by atoms with E-state index < -0.39 is 34.3 Å². The third-order valence-corrected chi connectivity index (χ3v) is 8.21. The molecule has 2 amide bonds. The van der Waals surface area contributed by atoms with Crippen molar-refractivity contribution in [3.05, 3.63) is 95.3 Å². The fraction of sp³-hybridized carbons (Fsp3) is 0.333. The van der Waals surface area contributed by atoms with Gasteiger partial charge in [-0.15, -0.1) is 0 Å². The number of amides is 2. The molecule has 3 rings (SSSR count). The quantitative estimate of drug-likeness (QED) is 0.343. The molecule has 1 N–H and O–H groups in total. The first-order valence-corrected chi connectivity index (χ1v) is 14.5. The number of hydrogen-bond donors (Lipinski definition) is 1. The lowest BCUT2D eigenvalue weighted by Crippen LogP contribution is -2.52. The molecule has 1 atom stereocenters. The molecule has 0 fully saturated rings. The summed E-state index contributed by atoms with van der Waals surface area (Å²) in [6, 6.07) is 18.1. The second-order valence-corrected chi connectivity index (χ2v) is 11.3. The molecule has 0 aliphatic carbocycles. The van der Waals surface area contributed by atoms with Gasteiger partial charge in [0.25, 0.3) is 10.0 Å². The summed E-state index contributed by atoms with van der Waals surface area (Å²) in [5.74, 6) is -1.28. The number of aryl methyl sites for hydroxylation is 2. The summed E-state index contributed by atoms with van der Waals surface area (Å²) in [6.07, 6.45) is 1.04. The van der Waals surface area contributed by atoms with E-state index in [2.05, 4.69) is 5.32 Å². The molecule has 3 aromatic carbocycles. The molecule has 9 heteroatoms. The van der Waals surface area contributed by atoms with Crippen molar-refractivity contribution in [3.8, 4) is 0 Å². The molecule has 0 aromatic heterocycles. The maximum atomic E-state index is 14.0. The van der Waals surface area contributed by atoms with Crippen molar-refractivity contribution in [2.45, 2.75) is 58.0 Å². The lowest BCUT2D eigenvalue weighted by atomic mass is 10.1. The average Bonchev–Trinajstić information content (AvgIpc) is 2.92. The SMILES string of the molecule is CCCNC(=O)C(CC)N(Cc1ccc(F)cc1)C(=O)CN(c1ccc(C)cc1C)S(=O)(=O)c1ccccc1. The summed E-state index contributed by atoms with van der Waals surface area (Å²) >= 11 is 0. The molecule has 0 saturated heterocycles. The van der Waals surface area contributed by atoms with E-state index in [1.807, 2.05) is 19.9 Å². The van der Waals surface area contributed by atoms with Crippen LogP contribution in [0.2, 0.25) is 0 Å². The lowest BCUT2D eigenvalue weighted by molar-refractivity contribution is -0.140. The van der Waals surface area contributed by atoms with Crippen molar-refractivity contribution in [1.29, 1.82) is 0 Å². The fourth-order valence-corrected chi connectivity index (χ4v) is 5.89. The van der Waals surface area contributed by atoms with Gasteiger partial charge in [-0.2, -0.15) is 0 Å². The number of hydrogen-bond acceptors (Lipinski definition) is 4. The van der Waals surface area contributed by atoms with Gasteiger partial charge in [-0.05, 0) is 68.1 Å². The van der Waals surface area contributed by atoms with Gasteiger partial charge in [-0.25, -0.2) is 12.8 Å². The van der Waals surface area contributed by atoms with Crippen molar-refractivity contribution >= 4 is 27.5 Å². The molecule has 0 radical (unpaired) electrons. The Hall–Kier alpha value is -3.72. The van der Waals surface area contributed by atoms with E-state index in [0.29, 0.717) is 29.8 Å². The number of anilines is 1. The standard InChI is InChI=1S/C30H36FN3O4S/c1-5-18-32-30(36)27(6-2)33(20-24-13-15-25(31)16-14-24)29(35)21-34(28-17-12-22(3)19-23(28)4)39(37,38)26-10-8-7-9-11-26/h7-17,19,27H,5-6,18,20-21H2,1-4H3,(H,32,36). The first kappa shape index (κ1) is 29.8. The van der Waals surface area contributed by atoms with Crippen molar-refractivity contribution in [1.82, 2.24) is 10.2 Å². The molecule has 3 aromatic rings. The molecule has 0 heterocycles. The summed E-state index contributed by atoms with van der Waals surface area (Å²) in [5.41, 5.74) is 2.65. The molecule has 7 nitrogen and oxygen atoms in total. The minimum Gasteiger partial charge on any atom is -0.354 e. The van der Waals surface area contributed by atoms with Gasteiger partial charge in [0.15, 0.2) is 0 Å². The maximum absolute atomic E-state index is 14.0. The van der Waals surface area contributed by atoms with E-state index in [1.54, 1.807) is 56.3 Å². The molecule has 0 bridgehead atoms. The summed E-state index contributed by atoms with van der Waals surface area (Å²) in [5, 5.41) is 2.85. The van der Waals surface area contributed by atoms with Gasteiger partial charge in [0, 0.05) is 13.1 Å². The Kier molecular flexibility index (Phi) is 10.2. The fourth-order valence-electron chi connectivity index (χ4n) is 4.39. The average molecular weight is 554 g/mol. The number of carbonyl (C=O) groups excluding carboxylic acids is 2. The van der Waals surface area contributed by atoms with Crippen molar-refractivity contribution < 1.29 is 22.4 Å². The van der Waals surface area contributed by atoms with E-state index in [4.69, 9.17) is 0 Å². The Morgan fingerprint density at radius 3 is 2.21 bits per heavy atom. The van der Waals surface area contributed by atoms with Gasteiger partial charge in [0.1, 0.15) is 18.4 Å². The number of rotatable bonds is 12. The summed E-state index contributed by atoms with van der Waals surface area (Å²) < 4.78 is 42.4. The molecule has 39 heavy (non-hydrogen) atoms. The highest BCUT2D eigenvalue weighted by molar-refractivity contribution is 7.92. The third-order valence-electron chi connectivity index (χ3n) is 6.43. The van der Waals surface area contributed by atoms with Gasteiger partial charge in [-0.1, -0.05) is 61.9 Å². The number of sulfonamides is 1. The van der Waals surface area contributed by atoms with Crippen LogP contribution in [0.3, 0.4) is 0 Å². The molecule has 0 aliphatic heterocycles. The first-order chi connectivity index (χ1) is 18.6. The van der Waals surface area contributed by atoms with Crippen molar-refractivity contribution in [2.24, 2.45) is 0 Å². The highest BCUT2D eigenvalue weighted by Crippen LogP contribution is 2.28. The number of halogens is 1. The summed E-state index contributed by atoms with van der Waals surface area (Å²) in [6.45, 7) is 7.38. The van der Waals surface area contributed by atoms with Crippen LogP contribution in [0.25, 0.3) is 0 Å². The molecule has 1 unspecified atom stereocenters. The van der Waals surface area contributed by atoms with Gasteiger partial charge in [0.2, 0.25) is 11.8 Å². The van der Waals surface area contributed by atoms with Gasteiger partial charge in [0.05, 0.1) is 10.6 Å². The molecular weight excluding hydrogens is 517 g/mol. The number of carbonyl (C=O) groups is 2. The lowest BCUT2D eigenvalue weighted by Gasteiger charge is -2.33. The largest absolute Gasteiger partial charge is 0.354 e. The van der Waals surface area contributed by atoms with Crippen LogP contribution in [0.1, 0.15) is 43.4 Å². The third kappa shape index (κ3) is 7.44. The first-order valence-electron chi connectivity index (χ1n) is 13.0. The minimum atomic E-state index is -4.13. The summed E-state index contributed by atoms with van der Waals surface area (Å²) in [7, 11) is -4.13. The number of benzene rings is 3. The smallest absolute Gasteiger partial charge is 0.264 e. The van der Waals surface area contributed by atoms with Crippen LogP contribution in [0, 0.1) is 19.7 Å². The van der Waals surface area contributed by atoms with Crippen molar-refractivity contribution in [3.63, 3.8) is 0 Å². The Morgan fingerprint density at radius 2 is 1.62 bits per heavy atom. The van der Waals surface area contributed by atoms with Crippen LogP contribution in [0.4, 0.5) is 10.1 Å². The predicted octanol–water partition coefficient (Wildman–Crippen LogP) is 4.97. The molecule has 0 saturated carbocycles. The van der Waals surface area contributed by atoms with E-state index in [0.717, 1.165) is 16.3 Å². The van der Waals surface area contributed by atoms with E-state index in [1.165, 1.54) is 29.2 Å². The van der Waals surface area contributed by atoms with Gasteiger partial charge in [-0.3, -0.25) is 13.9 Å². The molecular formula is C30H36FN3O4S. The van der Waals surface area contributed by atoms with Crippen LogP contribution in [0.5, 0.6) is 0 Å². The highest BCUT2D eigenvalue weighted by atomic mass is 32.2.